The molecule has 0 aliphatic rings. The zero-order chi connectivity index (χ0) is 17.9. The summed E-state index contributed by atoms with van der Waals surface area (Å²) in [5, 5.41) is 8.54. The minimum Gasteiger partial charge on any atom is -0.481 e. The van der Waals surface area contributed by atoms with E-state index in [1.54, 1.807) is 11.1 Å². The lowest BCUT2D eigenvalue weighted by Gasteiger charge is -1.95. The van der Waals surface area contributed by atoms with Crippen LogP contribution < -0.4 is 0 Å². The first-order valence-electron chi connectivity index (χ1n) is 7.78. The number of allylic oxidation sites excluding steroid dienone is 7. The molecular weight excluding hydrogens is 432 g/mol. The minimum absolute atomic E-state index is 0.219. The number of aliphatic carboxylic acids is 1. The fourth-order valence-corrected chi connectivity index (χ4v) is 2.09. The SMILES string of the molecule is O=C(O)CCC/C=C(\Br)CCC#C/C=C/CC/C=C/C#C/C=C/Br. The van der Waals surface area contributed by atoms with Crippen LogP contribution in [-0.2, 0) is 4.79 Å². The van der Waals surface area contributed by atoms with E-state index in [4.69, 9.17) is 5.11 Å². The van der Waals surface area contributed by atoms with Crippen LogP contribution in [0.4, 0.5) is 0 Å². The maximum Gasteiger partial charge on any atom is 0.303 e. The molecule has 0 rings (SSSR count). The molecule has 0 aromatic heterocycles. The minimum atomic E-state index is -0.743. The standard InChI is InChI=1S/C20H22Br2O2/c21-18-14-10-8-6-4-2-1-3-5-7-9-11-15-19(22)16-12-13-17-20(23)24/h3-6,14,16,18H,1-2,11-13,15,17H2,(H,23,24)/b5-3+,6-4+,18-14+,19-16-. The van der Waals surface area contributed by atoms with E-state index in [0.29, 0.717) is 6.42 Å². The Balaban J connectivity index is 3.74. The highest BCUT2D eigenvalue weighted by atomic mass is 79.9. The Labute approximate surface area is 162 Å². The molecule has 4 heteroatoms. The lowest BCUT2D eigenvalue weighted by Crippen LogP contribution is -1.92. The highest BCUT2D eigenvalue weighted by Gasteiger charge is 1.95. The lowest BCUT2D eigenvalue weighted by molar-refractivity contribution is -0.137. The van der Waals surface area contributed by atoms with Crippen molar-refractivity contribution in [2.24, 2.45) is 0 Å². The van der Waals surface area contributed by atoms with Crippen molar-refractivity contribution in [1.82, 2.24) is 0 Å². The number of halogens is 2. The number of carbonyl (C=O) groups is 1. The molecule has 0 aliphatic carbocycles. The predicted molar refractivity (Wildman–Crippen MR) is 109 cm³/mol. The van der Waals surface area contributed by atoms with Crippen molar-refractivity contribution in [2.45, 2.75) is 44.9 Å². The van der Waals surface area contributed by atoms with Gasteiger partial charge in [-0.25, -0.2) is 0 Å². The molecule has 0 saturated carbocycles. The second-order valence-electron chi connectivity index (χ2n) is 4.72. The molecule has 0 aliphatic heterocycles. The molecule has 0 fully saturated rings. The molecule has 0 aromatic carbocycles. The van der Waals surface area contributed by atoms with Gasteiger partial charge >= 0.3 is 5.97 Å². The van der Waals surface area contributed by atoms with Crippen LogP contribution in [0.3, 0.4) is 0 Å². The van der Waals surface area contributed by atoms with Gasteiger partial charge in [0.1, 0.15) is 0 Å². The number of carboxylic acid groups (broad SMARTS) is 1. The van der Waals surface area contributed by atoms with Gasteiger partial charge in [0.05, 0.1) is 0 Å². The monoisotopic (exact) mass is 452 g/mol. The average Bonchev–Trinajstić information content (AvgIpc) is 2.55. The number of hydrogen-bond acceptors (Lipinski definition) is 1. The Hall–Kier alpha value is -1.49. The summed E-state index contributed by atoms with van der Waals surface area (Å²) in [5.74, 6) is 11.1. The van der Waals surface area contributed by atoms with Gasteiger partial charge in [-0.05, 0) is 59.8 Å². The van der Waals surface area contributed by atoms with E-state index in [1.807, 2.05) is 24.3 Å². The third kappa shape index (κ3) is 18.6. The summed E-state index contributed by atoms with van der Waals surface area (Å²) in [4.78, 5) is 12.1. The van der Waals surface area contributed by atoms with Crippen molar-refractivity contribution in [3.63, 3.8) is 0 Å². The van der Waals surface area contributed by atoms with Crippen molar-refractivity contribution in [1.29, 1.82) is 0 Å². The van der Waals surface area contributed by atoms with Crippen LogP contribution in [0.5, 0.6) is 0 Å². The molecule has 0 unspecified atom stereocenters. The summed E-state index contributed by atoms with van der Waals surface area (Å²) >= 11 is 6.63. The van der Waals surface area contributed by atoms with Gasteiger partial charge in [0.2, 0.25) is 0 Å². The van der Waals surface area contributed by atoms with Crippen molar-refractivity contribution in [3.05, 3.63) is 45.9 Å². The summed E-state index contributed by atoms with van der Waals surface area (Å²) in [5.41, 5.74) is 0. The molecule has 24 heavy (non-hydrogen) atoms. The molecule has 1 N–H and O–H groups in total. The van der Waals surface area contributed by atoms with Gasteiger partial charge in [0.25, 0.3) is 0 Å². The largest absolute Gasteiger partial charge is 0.481 e. The Bertz CT molecular complexity index is 591. The predicted octanol–water partition coefficient (Wildman–Crippen LogP) is 6.11. The summed E-state index contributed by atoms with van der Waals surface area (Å²) in [7, 11) is 0. The Morgan fingerprint density at radius 2 is 1.62 bits per heavy atom. The van der Waals surface area contributed by atoms with E-state index in [-0.39, 0.29) is 6.42 Å². The van der Waals surface area contributed by atoms with Gasteiger partial charge in [0.15, 0.2) is 0 Å². The molecule has 0 bridgehead atoms. The van der Waals surface area contributed by atoms with Gasteiger partial charge in [0, 0.05) is 12.8 Å². The second-order valence-corrected chi connectivity index (χ2v) is 6.27. The fraction of sp³-hybridized carbons (Fsp3) is 0.350. The van der Waals surface area contributed by atoms with E-state index < -0.39 is 5.97 Å². The van der Waals surface area contributed by atoms with E-state index in [1.165, 1.54) is 0 Å². The molecule has 2 nitrogen and oxygen atoms in total. The van der Waals surface area contributed by atoms with E-state index in [2.05, 4.69) is 61.6 Å². The molecule has 128 valence electrons. The second kappa shape index (κ2) is 17.9. The third-order valence-corrected chi connectivity index (χ3v) is 3.67. The zero-order valence-electron chi connectivity index (χ0n) is 13.6. The van der Waals surface area contributed by atoms with Crippen molar-refractivity contribution in [2.75, 3.05) is 0 Å². The summed E-state index contributed by atoms with van der Waals surface area (Å²) in [6, 6.07) is 0. The molecule has 0 amide bonds. The van der Waals surface area contributed by atoms with Crippen LogP contribution in [0.25, 0.3) is 0 Å². The van der Waals surface area contributed by atoms with Crippen molar-refractivity contribution >= 4 is 37.8 Å². The van der Waals surface area contributed by atoms with Crippen LogP contribution in [0.15, 0.2) is 45.9 Å². The smallest absolute Gasteiger partial charge is 0.303 e. The number of hydrogen-bond donors (Lipinski definition) is 1. The molecule has 0 spiro atoms. The average molecular weight is 454 g/mol. The maximum absolute atomic E-state index is 10.4. The molecule has 0 atom stereocenters. The molecule has 0 aromatic rings. The molecule has 0 heterocycles. The Morgan fingerprint density at radius 1 is 0.958 bits per heavy atom. The van der Waals surface area contributed by atoms with Crippen LogP contribution in [0.2, 0.25) is 0 Å². The number of rotatable bonds is 9. The molecule has 0 saturated heterocycles. The van der Waals surface area contributed by atoms with E-state index in [9.17, 15) is 4.79 Å². The summed E-state index contributed by atoms with van der Waals surface area (Å²) < 4.78 is 1.09. The number of carboxylic acids is 1. The normalized spacial score (nSPS) is 11.5. The first-order valence-corrected chi connectivity index (χ1v) is 9.48. The van der Waals surface area contributed by atoms with Gasteiger partial charge in [-0.3, -0.25) is 4.79 Å². The Kier molecular flexibility index (Phi) is 16.7. The summed E-state index contributed by atoms with van der Waals surface area (Å²) in [6.07, 6.45) is 16.8. The highest BCUT2D eigenvalue weighted by molar-refractivity contribution is 9.11. The molecule has 0 radical (unpaired) electrons. The van der Waals surface area contributed by atoms with E-state index in [0.717, 1.165) is 36.6 Å². The van der Waals surface area contributed by atoms with Gasteiger partial charge < -0.3 is 5.11 Å². The van der Waals surface area contributed by atoms with E-state index >= 15 is 0 Å². The summed E-state index contributed by atoms with van der Waals surface area (Å²) in [6.45, 7) is 0. The van der Waals surface area contributed by atoms with Crippen LogP contribution in [0.1, 0.15) is 44.9 Å². The van der Waals surface area contributed by atoms with Crippen LogP contribution in [0, 0.1) is 23.7 Å². The van der Waals surface area contributed by atoms with Gasteiger partial charge in [-0.2, -0.15) is 0 Å². The maximum atomic E-state index is 10.4. The fourth-order valence-electron chi connectivity index (χ4n) is 1.53. The first kappa shape index (κ1) is 22.5. The highest BCUT2D eigenvalue weighted by Crippen LogP contribution is 2.14. The van der Waals surface area contributed by atoms with Crippen molar-refractivity contribution in [3.8, 4) is 23.7 Å². The molecular formula is C20H22Br2O2. The first-order chi connectivity index (χ1) is 11.7. The number of unbranched alkanes of at least 4 members (excludes halogenated alkanes) is 2. The van der Waals surface area contributed by atoms with Gasteiger partial charge in [-0.1, -0.05) is 73.8 Å². The van der Waals surface area contributed by atoms with Crippen molar-refractivity contribution < 1.29 is 9.90 Å². The third-order valence-electron chi connectivity index (χ3n) is 2.68. The van der Waals surface area contributed by atoms with Gasteiger partial charge in [-0.15, -0.1) is 0 Å². The quantitative estimate of drug-likeness (QED) is 0.337. The topological polar surface area (TPSA) is 37.3 Å². The lowest BCUT2D eigenvalue weighted by atomic mass is 10.2. The zero-order valence-corrected chi connectivity index (χ0v) is 16.8. The van der Waals surface area contributed by atoms with Crippen LogP contribution >= 0.6 is 31.9 Å². The van der Waals surface area contributed by atoms with Crippen LogP contribution in [-0.4, -0.2) is 11.1 Å². The Morgan fingerprint density at radius 3 is 2.29 bits per heavy atom.